The molecule has 0 heterocycles. The van der Waals surface area contributed by atoms with Gasteiger partial charge in [-0.1, -0.05) is 66.2 Å². The lowest BCUT2D eigenvalue weighted by Crippen LogP contribution is -2.14. The number of halogens is 1. The first-order valence-electron chi connectivity index (χ1n) is 8.28. The van der Waals surface area contributed by atoms with E-state index in [2.05, 4.69) is 79.5 Å². The third kappa shape index (κ3) is 4.85. The van der Waals surface area contributed by atoms with Crippen molar-refractivity contribution in [1.29, 1.82) is 0 Å². The second-order valence-electron chi connectivity index (χ2n) is 5.96. The Morgan fingerprint density at radius 3 is 2.52 bits per heavy atom. The summed E-state index contributed by atoms with van der Waals surface area (Å²) in [4.78, 5) is 0. The Labute approximate surface area is 155 Å². The molecule has 0 fully saturated rings. The Morgan fingerprint density at radius 1 is 1.00 bits per heavy atom. The maximum absolute atomic E-state index is 6.14. The van der Waals surface area contributed by atoms with Gasteiger partial charge in [0.15, 0.2) is 0 Å². The molecule has 3 rings (SSSR count). The molecule has 0 aromatic heterocycles. The summed E-state index contributed by atoms with van der Waals surface area (Å²) in [5, 5.41) is 5.86. The van der Waals surface area contributed by atoms with Gasteiger partial charge in [0.05, 0.1) is 0 Å². The number of hydrogen-bond acceptors (Lipinski definition) is 2. The van der Waals surface area contributed by atoms with E-state index in [1.165, 1.54) is 27.5 Å². The Balaban J connectivity index is 0.00000225. The topological polar surface area (TPSA) is 21.3 Å². The first-order chi connectivity index (χ1) is 11.8. The predicted octanol–water partition coefficient (Wildman–Crippen LogP) is 5.42. The SMILES string of the molecule is C=CCNCc1c(OCc2ccc(C)cc2)ccc2ccccc12.Cl. The number of benzene rings is 3. The molecule has 0 amide bonds. The molecule has 2 nitrogen and oxygen atoms in total. The van der Waals surface area contributed by atoms with Gasteiger partial charge < -0.3 is 10.1 Å². The largest absolute Gasteiger partial charge is 0.489 e. The van der Waals surface area contributed by atoms with Crippen molar-refractivity contribution < 1.29 is 4.74 Å². The molecule has 0 aliphatic heterocycles. The summed E-state index contributed by atoms with van der Waals surface area (Å²) in [6, 6.07) is 21.1. The van der Waals surface area contributed by atoms with Gasteiger partial charge in [-0.3, -0.25) is 0 Å². The molecular weight excluding hydrogens is 330 g/mol. The van der Waals surface area contributed by atoms with Crippen LogP contribution in [0.2, 0.25) is 0 Å². The van der Waals surface area contributed by atoms with Crippen molar-refractivity contribution >= 4 is 23.2 Å². The molecule has 0 saturated carbocycles. The smallest absolute Gasteiger partial charge is 0.124 e. The lowest BCUT2D eigenvalue weighted by atomic mass is 10.0. The summed E-state index contributed by atoms with van der Waals surface area (Å²) in [5.74, 6) is 0.936. The van der Waals surface area contributed by atoms with Crippen LogP contribution in [0.25, 0.3) is 10.8 Å². The number of nitrogens with one attached hydrogen (secondary N) is 1. The summed E-state index contributed by atoms with van der Waals surface area (Å²) >= 11 is 0. The van der Waals surface area contributed by atoms with E-state index >= 15 is 0 Å². The quantitative estimate of drug-likeness (QED) is 0.452. The Kier molecular flexibility index (Phi) is 7.05. The third-order valence-electron chi connectivity index (χ3n) is 4.10. The molecule has 0 bridgehead atoms. The fourth-order valence-electron chi connectivity index (χ4n) is 2.78. The number of rotatable bonds is 7. The number of fused-ring (bicyclic) bond motifs is 1. The van der Waals surface area contributed by atoms with E-state index in [4.69, 9.17) is 4.74 Å². The minimum Gasteiger partial charge on any atom is -0.489 e. The molecule has 0 aliphatic carbocycles. The normalized spacial score (nSPS) is 10.3. The van der Waals surface area contributed by atoms with E-state index in [-0.39, 0.29) is 12.4 Å². The van der Waals surface area contributed by atoms with Crippen molar-refractivity contribution in [2.24, 2.45) is 0 Å². The van der Waals surface area contributed by atoms with Gasteiger partial charge in [0.2, 0.25) is 0 Å². The van der Waals surface area contributed by atoms with E-state index in [9.17, 15) is 0 Å². The monoisotopic (exact) mass is 353 g/mol. The van der Waals surface area contributed by atoms with Gasteiger partial charge >= 0.3 is 0 Å². The lowest BCUT2D eigenvalue weighted by Gasteiger charge is -2.15. The van der Waals surface area contributed by atoms with Crippen molar-refractivity contribution in [2.45, 2.75) is 20.1 Å². The average molecular weight is 354 g/mol. The van der Waals surface area contributed by atoms with Crippen molar-refractivity contribution in [3.05, 3.63) is 90.0 Å². The highest BCUT2D eigenvalue weighted by Crippen LogP contribution is 2.28. The van der Waals surface area contributed by atoms with Crippen LogP contribution in [0.15, 0.2) is 73.3 Å². The van der Waals surface area contributed by atoms with E-state index in [0.29, 0.717) is 6.61 Å². The first kappa shape index (κ1) is 19.0. The number of aryl methyl sites for hydroxylation is 1. The second kappa shape index (κ2) is 9.26. The van der Waals surface area contributed by atoms with E-state index in [0.717, 1.165) is 18.8 Å². The number of ether oxygens (including phenoxy) is 1. The second-order valence-corrected chi connectivity index (χ2v) is 5.96. The zero-order chi connectivity index (χ0) is 16.8. The van der Waals surface area contributed by atoms with Gasteiger partial charge in [0.25, 0.3) is 0 Å². The highest BCUT2D eigenvalue weighted by atomic mass is 35.5. The first-order valence-corrected chi connectivity index (χ1v) is 8.28. The highest BCUT2D eigenvalue weighted by Gasteiger charge is 2.09. The van der Waals surface area contributed by atoms with Crippen molar-refractivity contribution in [3.63, 3.8) is 0 Å². The molecule has 25 heavy (non-hydrogen) atoms. The summed E-state index contributed by atoms with van der Waals surface area (Å²) in [7, 11) is 0. The van der Waals surface area contributed by atoms with Crippen molar-refractivity contribution in [2.75, 3.05) is 6.54 Å². The Hall–Kier alpha value is -2.29. The van der Waals surface area contributed by atoms with E-state index < -0.39 is 0 Å². The maximum Gasteiger partial charge on any atom is 0.124 e. The molecule has 3 aromatic carbocycles. The Bertz CT molecular complexity index is 827. The molecule has 0 saturated heterocycles. The summed E-state index contributed by atoms with van der Waals surface area (Å²) in [5.41, 5.74) is 3.64. The minimum absolute atomic E-state index is 0. The molecule has 1 N–H and O–H groups in total. The van der Waals surface area contributed by atoms with E-state index in [1.54, 1.807) is 0 Å². The van der Waals surface area contributed by atoms with Gasteiger partial charge in [-0.25, -0.2) is 0 Å². The van der Waals surface area contributed by atoms with Gasteiger partial charge in [-0.2, -0.15) is 0 Å². The fourth-order valence-corrected chi connectivity index (χ4v) is 2.78. The van der Waals surface area contributed by atoms with Crippen LogP contribution in [-0.2, 0) is 13.2 Å². The molecule has 0 aliphatic rings. The molecule has 0 spiro atoms. The van der Waals surface area contributed by atoms with Crippen LogP contribution in [0, 0.1) is 6.92 Å². The van der Waals surface area contributed by atoms with Crippen LogP contribution in [-0.4, -0.2) is 6.54 Å². The molecule has 3 heteroatoms. The predicted molar refractivity (Wildman–Crippen MR) is 109 cm³/mol. The maximum atomic E-state index is 6.14. The summed E-state index contributed by atoms with van der Waals surface area (Å²) in [6.07, 6.45) is 1.87. The molecular formula is C22H24ClNO. The fraction of sp³-hybridized carbons (Fsp3) is 0.182. The zero-order valence-corrected chi connectivity index (χ0v) is 15.3. The van der Waals surface area contributed by atoms with Crippen LogP contribution in [0.5, 0.6) is 5.75 Å². The Morgan fingerprint density at radius 2 is 1.76 bits per heavy atom. The standard InChI is InChI=1S/C22H23NO.ClH/c1-3-14-23-15-21-20-7-5-4-6-19(20)12-13-22(21)24-16-18-10-8-17(2)9-11-18;/h3-13,23H,1,14-16H2,2H3;1H. The minimum atomic E-state index is 0. The molecule has 0 radical (unpaired) electrons. The molecule has 130 valence electrons. The van der Waals surface area contributed by atoms with Gasteiger partial charge in [-0.05, 0) is 29.3 Å². The molecule has 0 unspecified atom stereocenters. The van der Waals surface area contributed by atoms with Crippen LogP contribution in [0.3, 0.4) is 0 Å². The average Bonchev–Trinajstić information content (AvgIpc) is 2.62. The van der Waals surface area contributed by atoms with Crippen LogP contribution in [0.1, 0.15) is 16.7 Å². The zero-order valence-electron chi connectivity index (χ0n) is 14.5. The number of hydrogen-bond donors (Lipinski definition) is 1. The molecule has 3 aromatic rings. The van der Waals surface area contributed by atoms with Crippen molar-refractivity contribution in [1.82, 2.24) is 5.32 Å². The molecule has 0 atom stereocenters. The summed E-state index contributed by atoms with van der Waals surface area (Å²) in [6.45, 7) is 7.98. The third-order valence-corrected chi connectivity index (χ3v) is 4.10. The summed E-state index contributed by atoms with van der Waals surface area (Å²) < 4.78 is 6.14. The van der Waals surface area contributed by atoms with Gasteiger partial charge in [0, 0.05) is 18.7 Å². The van der Waals surface area contributed by atoms with Gasteiger partial charge in [-0.15, -0.1) is 19.0 Å². The van der Waals surface area contributed by atoms with Crippen LogP contribution < -0.4 is 10.1 Å². The van der Waals surface area contributed by atoms with E-state index in [1.807, 2.05) is 6.08 Å². The highest BCUT2D eigenvalue weighted by molar-refractivity contribution is 5.87. The van der Waals surface area contributed by atoms with Crippen LogP contribution >= 0.6 is 12.4 Å². The van der Waals surface area contributed by atoms with Crippen molar-refractivity contribution in [3.8, 4) is 5.75 Å². The lowest BCUT2D eigenvalue weighted by molar-refractivity contribution is 0.303. The van der Waals surface area contributed by atoms with Crippen LogP contribution in [0.4, 0.5) is 0 Å². The van der Waals surface area contributed by atoms with Gasteiger partial charge in [0.1, 0.15) is 12.4 Å².